The molecule has 1 aromatic rings. The van der Waals surface area contributed by atoms with Gasteiger partial charge < -0.3 is 10.0 Å². The molecule has 1 saturated carbocycles. The molecule has 0 aromatic carbocycles. The summed E-state index contributed by atoms with van der Waals surface area (Å²) < 4.78 is 0. The second-order valence-electron chi connectivity index (χ2n) is 5.28. The maximum Gasteiger partial charge on any atom is 0.356 e. The molecule has 1 aliphatic carbocycles. The third-order valence-corrected chi connectivity index (χ3v) is 3.23. The van der Waals surface area contributed by atoms with Crippen molar-refractivity contribution in [1.82, 2.24) is 4.98 Å². The van der Waals surface area contributed by atoms with Crippen LogP contribution in [0.15, 0.2) is 18.3 Å². The average Bonchev–Trinajstić information content (AvgIpc) is 3.14. The molecule has 98 valence electrons. The van der Waals surface area contributed by atoms with E-state index >= 15 is 0 Å². The molecule has 0 unspecified atom stereocenters. The average molecular weight is 248 g/mol. The van der Waals surface area contributed by atoms with Crippen molar-refractivity contribution >= 4 is 11.7 Å². The summed E-state index contributed by atoms with van der Waals surface area (Å²) in [6.45, 7) is 5.28. The number of hydrogen-bond acceptors (Lipinski definition) is 3. The van der Waals surface area contributed by atoms with E-state index < -0.39 is 5.97 Å². The molecule has 0 atom stereocenters. The summed E-state index contributed by atoms with van der Waals surface area (Å²) >= 11 is 0. The number of aromatic nitrogens is 1. The molecule has 0 spiro atoms. The van der Waals surface area contributed by atoms with Gasteiger partial charge in [0.25, 0.3) is 0 Å². The van der Waals surface area contributed by atoms with Crippen molar-refractivity contribution in [2.75, 3.05) is 11.4 Å². The van der Waals surface area contributed by atoms with Crippen LogP contribution in [0.3, 0.4) is 0 Å². The fourth-order valence-corrected chi connectivity index (χ4v) is 2.08. The molecule has 0 bridgehead atoms. The van der Waals surface area contributed by atoms with Crippen molar-refractivity contribution in [3.05, 3.63) is 24.0 Å². The summed E-state index contributed by atoms with van der Waals surface area (Å²) in [7, 11) is 0. The summed E-state index contributed by atoms with van der Waals surface area (Å²) in [4.78, 5) is 17.4. The summed E-state index contributed by atoms with van der Waals surface area (Å²) in [6.07, 6.45) is 4.93. The topological polar surface area (TPSA) is 53.4 Å². The Morgan fingerprint density at radius 3 is 2.83 bits per heavy atom. The smallest absolute Gasteiger partial charge is 0.356 e. The van der Waals surface area contributed by atoms with Gasteiger partial charge in [-0.3, -0.25) is 0 Å². The van der Waals surface area contributed by atoms with Gasteiger partial charge in [0.1, 0.15) is 0 Å². The van der Waals surface area contributed by atoms with E-state index in [1.807, 2.05) is 12.1 Å². The number of anilines is 1. The molecule has 4 nitrogen and oxygen atoms in total. The van der Waals surface area contributed by atoms with E-state index in [1.54, 1.807) is 6.20 Å². The third kappa shape index (κ3) is 3.00. The van der Waals surface area contributed by atoms with E-state index in [4.69, 9.17) is 0 Å². The normalized spacial score (nSPS) is 14.8. The van der Waals surface area contributed by atoms with Gasteiger partial charge in [0.2, 0.25) is 0 Å². The zero-order valence-corrected chi connectivity index (χ0v) is 11.0. The van der Waals surface area contributed by atoms with Gasteiger partial charge in [-0.05, 0) is 37.3 Å². The zero-order valence-electron chi connectivity index (χ0n) is 11.0. The van der Waals surface area contributed by atoms with Crippen molar-refractivity contribution in [3.8, 4) is 0 Å². The van der Waals surface area contributed by atoms with Crippen LogP contribution in [0, 0.1) is 5.92 Å². The Bertz CT molecular complexity index is 428. The highest BCUT2D eigenvalue weighted by molar-refractivity contribution is 5.92. The van der Waals surface area contributed by atoms with Crippen LogP contribution in [-0.2, 0) is 0 Å². The molecule has 0 aliphatic heterocycles. The molecule has 1 heterocycles. The van der Waals surface area contributed by atoms with Crippen LogP contribution in [0.4, 0.5) is 5.69 Å². The number of carboxylic acid groups (broad SMARTS) is 1. The molecule has 18 heavy (non-hydrogen) atoms. The maximum atomic E-state index is 11.2. The van der Waals surface area contributed by atoms with E-state index in [2.05, 4.69) is 23.7 Å². The Kier molecular flexibility index (Phi) is 3.84. The van der Waals surface area contributed by atoms with Gasteiger partial charge in [-0.25, -0.2) is 9.78 Å². The van der Waals surface area contributed by atoms with Crippen molar-refractivity contribution in [2.45, 2.75) is 39.2 Å². The lowest BCUT2D eigenvalue weighted by molar-refractivity contribution is 0.0691. The number of rotatable bonds is 6. The number of carbonyl (C=O) groups is 1. The number of nitrogens with zero attached hydrogens (tertiary/aromatic N) is 2. The standard InChI is InChI=1S/C14H20N2O2/c1-10(2)7-9-16(11-5-6-11)12-4-3-8-15-13(12)14(17)18/h3-4,8,10-11H,5-7,9H2,1-2H3,(H,17,18). The van der Waals surface area contributed by atoms with Crippen LogP contribution in [0.25, 0.3) is 0 Å². The second kappa shape index (κ2) is 5.38. The van der Waals surface area contributed by atoms with E-state index in [0.29, 0.717) is 12.0 Å². The first-order valence-electron chi connectivity index (χ1n) is 6.54. The van der Waals surface area contributed by atoms with Crippen LogP contribution in [0.1, 0.15) is 43.6 Å². The molecule has 2 rings (SSSR count). The maximum absolute atomic E-state index is 11.2. The minimum Gasteiger partial charge on any atom is -0.476 e. The second-order valence-corrected chi connectivity index (χ2v) is 5.28. The number of hydrogen-bond donors (Lipinski definition) is 1. The summed E-state index contributed by atoms with van der Waals surface area (Å²) in [6, 6.07) is 4.19. The van der Waals surface area contributed by atoms with Gasteiger partial charge in [-0.15, -0.1) is 0 Å². The summed E-state index contributed by atoms with van der Waals surface area (Å²) in [5.74, 6) is -0.322. The molecule has 1 fully saturated rings. The highest BCUT2D eigenvalue weighted by atomic mass is 16.4. The minimum atomic E-state index is -0.944. The minimum absolute atomic E-state index is 0.174. The van der Waals surface area contributed by atoms with Crippen molar-refractivity contribution in [3.63, 3.8) is 0 Å². The highest BCUT2D eigenvalue weighted by Crippen LogP contribution is 2.33. The number of pyridine rings is 1. The van der Waals surface area contributed by atoms with Crippen molar-refractivity contribution in [1.29, 1.82) is 0 Å². The van der Waals surface area contributed by atoms with Crippen molar-refractivity contribution in [2.24, 2.45) is 5.92 Å². The molecular formula is C14H20N2O2. The Morgan fingerprint density at radius 1 is 1.56 bits per heavy atom. The molecular weight excluding hydrogens is 228 g/mol. The van der Waals surface area contributed by atoms with Gasteiger partial charge in [-0.2, -0.15) is 0 Å². The first kappa shape index (κ1) is 12.9. The Labute approximate surface area is 108 Å². The summed E-state index contributed by atoms with van der Waals surface area (Å²) in [5, 5.41) is 9.20. The quantitative estimate of drug-likeness (QED) is 0.841. The van der Waals surface area contributed by atoms with E-state index in [-0.39, 0.29) is 5.69 Å². The van der Waals surface area contributed by atoms with Gasteiger partial charge in [-0.1, -0.05) is 13.8 Å². The zero-order chi connectivity index (χ0) is 13.1. The predicted molar refractivity (Wildman–Crippen MR) is 71.0 cm³/mol. The number of carboxylic acids is 1. The molecule has 0 radical (unpaired) electrons. The predicted octanol–water partition coefficient (Wildman–Crippen LogP) is 2.79. The molecule has 1 N–H and O–H groups in total. The molecule has 1 aliphatic rings. The van der Waals surface area contributed by atoms with Crippen molar-refractivity contribution < 1.29 is 9.90 Å². The van der Waals surface area contributed by atoms with Crippen LogP contribution in [-0.4, -0.2) is 28.6 Å². The van der Waals surface area contributed by atoms with Gasteiger partial charge in [0.15, 0.2) is 5.69 Å². The fraction of sp³-hybridized carbons (Fsp3) is 0.571. The van der Waals surface area contributed by atoms with E-state index in [0.717, 1.165) is 31.5 Å². The van der Waals surface area contributed by atoms with Crippen LogP contribution in [0.2, 0.25) is 0 Å². The lowest BCUT2D eigenvalue weighted by Gasteiger charge is -2.26. The van der Waals surface area contributed by atoms with E-state index in [1.165, 1.54) is 0 Å². The SMILES string of the molecule is CC(C)CCN(c1cccnc1C(=O)O)C1CC1. The molecule has 0 amide bonds. The van der Waals surface area contributed by atoms with Gasteiger partial charge in [0, 0.05) is 18.8 Å². The van der Waals surface area contributed by atoms with E-state index in [9.17, 15) is 9.90 Å². The highest BCUT2D eigenvalue weighted by Gasteiger charge is 2.31. The Hall–Kier alpha value is -1.58. The lowest BCUT2D eigenvalue weighted by Crippen LogP contribution is -2.29. The van der Waals surface area contributed by atoms with Gasteiger partial charge in [0.05, 0.1) is 5.69 Å². The monoisotopic (exact) mass is 248 g/mol. The summed E-state index contributed by atoms with van der Waals surface area (Å²) in [5.41, 5.74) is 0.946. The van der Waals surface area contributed by atoms with Crippen LogP contribution >= 0.6 is 0 Å². The largest absolute Gasteiger partial charge is 0.476 e. The lowest BCUT2D eigenvalue weighted by atomic mass is 10.1. The first-order valence-corrected chi connectivity index (χ1v) is 6.54. The Balaban J connectivity index is 2.22. The van der Waals surface area contributed by atoms with Crippen LogP contribution in [0.5, 0.6) is 0 Å². The van der Waals surface area contributed by atoms with Crippen LogP contribution < -0.4 is 4.90 Å². The molecule has 0 saturated heterocycles. The first-order chi connectivity index (χ1) is 8.59. The molecule has 1 aromatic heterocycles. The Morgan fingerprint density at radius 2 is 2.28 bits per heavy atom. The number of aromatic carboxylic acids is 1. The third-order valence-electron chi connectivity index (χ3n) is 3.23. The fourth-order valence-electron chi connectivity index (χ4n) is 2.08. The van der Waals surface area contributed by atoms with Gasteiger partial charge >= 0.3 is 5.97 Å². The molecule has 4 heteroatoms.